The number of carbonyl (C=O) groups excluding carboxylic acids is 2. The molecule has 24 heavy (non-hydrogen) atoms. The highest BCUT2D eigenvalue weighted by Gasteiger charge is 2.17. The van der Waals surface area contributed by atoms with Crippen molar-refractivity contribution in [2.75, 3.05) is 12.4 Å². The Hall–Kier alpha value is -3.02. The molecule has 2 aromatic rings. The fourth-order valence-corrected chi connectivity index (χ4v) is 2.18. The Morgan fingerprint density at radius 1 is 1.08 bits per heavy atom. The molecule has 126 valence electrons. The van der Waals surface area contributed by atoms with Crippen LogP contribution in [0, 0.1) is 6.92 Å². The number of ether oxygens (including phenoxy) is 2. The summed E-state index contributed by atoms with van der Waals surface area (Å²) in [4.78, 5) is 23.7. The second-order valence-corrected chi connectivity index (χ2v) is 5.27. The zero-order valence-electron chi connectivity index (χ0n) is 13.8. The van der Waals surface area contributed by atoms with Crippen molar-refractivity contribution in [3.05, 3.63) is 53.6 Å². The van der Waals surface area contributed by atoms with Gasteiger partial charge in [0.2, 0.25) is 5.91 Å². The minimum atomic E-state index is -0.713. The van der Waals surface area contributed by atoms with Gasteiger partial charge in [-0.2, -0.15) is 0 Å². The molecule has 0 bridgehead atoms. The zero-order chi connectivity index (χ0) is 17.7. The molecular weight excluding hydrogens is 308 g/mol. The van der Waals surface area contributed by atoms with Gasteiger partial charge in [-0.3, -0.25) is 9.59 Å². The number of carbonyl (C=O) groups is 2. The van der Waals surface area contributed by atoms with Crippen LogP contribution in [-0.4, -0.2) is 25.0 Å². The number of anilines is 1. The number of hydrogen-bond donors (Lipinski definition) is 2. The quantitative estimate of drug-likeness (QED) is 0.852. The summed E-state index contributed by atoms with van der Waals surface area (Å²) in [7, 11) is 1.58. The van der Waals surface area contributed by atoms with E-state index in [1.165, 1.54) is 0 Å². The van der Waals surface area contributed by atoms with Gasteiger partial charge in [0.05, 0.1) is 7.11 Å². The maximum atomic E-state index is 12.3. The third-order valence-electron chi connectivity index (χ3n) is 3.60. The van der Waals surface area contributed by atoms with Crippen molar-refractivity contribution in [1.29, 1.82) is 0 Å². The lowest BCUT2D eigenvalue weighted by Gasteiger charge is -2.16. The summed E-state index contributed by atoms with van der Waals surface area (Å²) in [5.74, 6) is 0.404. The third kappa shape index (κ3) is 4.04. The molecule has 1 unspecified atom stereocenters. The topological polar surface area (TPSA) is 90.7 Å². The molecule has 0 saturated carbocycles. The number of methoxy groups -OCH3 is 1. The Morgan fingerprint density at radius 3 is 2.29 bits per heavy atom. The van der Waals surface area contributed by atoms with Crippen molar-refractivity contribution < 1.29 is 19.1 Å². The molecule has 6 nitrogen and oxygen atoms in total. The first-order valence-electron chi connectivity index (χ1n) is 7.43. The Balaban J connectivity index is 2.06. The number of primary amides is 1. The predicted octanol–water partition coefficient (Wildman–Crippen LogP) is 2.51. The van der Waals surface area contributed by atoms with Crippen molar-refractivity contribution in [3.63, 3.8) is 0 Å². The first-order valence-corrected chi connectivity index (χ1v) is 7.43. The molecule has 6 heteroatoms. The summed E-state index contributed by atoms with van der Waals surface area (Å²) in [6, 6.07) is 11.9. The van der Waals surface area contributed by atoms with Crippen LogP contribution in [0.1, 0.15) is 22.8 Å². The highest BCUT2D eigenvalue weighted by atomic mass is 16.5. The molecule has 3 N–H and O–H groups in total. The maximum Gasteiger partial charge on any atom is 0.265 e. The maximum absolute atomic E-state index is 12.3. The van der Waals surface area contributed by atoms with Crippen LogP contribution < -0.4 is 20.5 Å². The van der Waals surface area contributed by atoms with Crippen LogP contribution in [0.3, 0.4) is 0 Å². The summed E-state index contributed by atoms with van der Waals surface area (Å²) in [5.41, 5.74) is 6.83. The van der Waals surface area contributed by atoms with E-state index in [4.69, 9.17) is 15.2 Å². The van der Waals surface area contributed by atoms with Gasteiger partial charge >= 0.3 is 0 Å². The molecule has 2 rings (SSSR count). The van der Waals surface area contributed by atoms with Gasteiger partial charge in [-0.05, 0) is 55.8 Å². The fraction of sp³-hybridized carbons (Fsp3) is 0.222. The molecule has 0 aliphatic rings. The molecule has 0 fully saturated rings. The van der Waals surface area contributed by atoms with Crippen molar-refractivity contribution in [2.45, 2.75) is 20.0 Å². The van der Waals surface area contributed by atoms with Gasteiger partial charge in [0.1, 0.15) is 11.5 Å². The van der Waals surface area contributed by atoms with Gasteiger partial charge in [0, 0.05) is 11.3 Å². The summed E-state index contributed by atoms with van der Waals surface area (Å²) in [6.07, 6.45) is -0.713. The highest BCUT2D eigenvalue weighted by Crippen LogP contribution is 2.21. The Bertz CT molecular complexity index is 741. The minimum Gasteiger partial charge on any atom is -0.497 e. The predicted molar refractivity (Wildman–Crippen MR) is 91.4 cm³/mol. The smallest absolute Gasteiger partial charge is 0.265 e. The average molecular weight is 328 g/mol. The van der Waals surface area contributed by atoms with Gasteiger partial charge in [-0.15, -0.1) is 0 Å². The monoisotopic (exact) mass is 328 g/mol. The molecule has 0 aliphatic heterocycles. The Labute approximate surface area is 140 Å². The lowest BCUT2D eigenvalue weighted by atomic mass is 10.1. The Kier molecular flexibility index (Phi) is 5.42. The van der Waals surface area contributed by atoms with E-state index >= 15 is 0 Å². The number of rotatable bonds is 6. The molecular formula is C18H20N2O4. The number of amides is 2. The number of hydrogen-bond acceptors (Lipinski definition) is 4. The van der Waals surface area contributed by atoms with E-state index < -0.39 is 12.0 Å². The van der Waals surface area contributed by atoms with Crippen LogP contribution in [0.4, 0.5) is 5.69 Å². The van der Waals surface area contributed by atoms with Crippen molar-refractivity contribution in [2.24, 2.45) is 5.73 Å². The van der Waals surface area contributed by atoms with E-state index in [0.29, 0.717) is 28.3 Å². The highest BCUT2D eigenvalue weighted by molar-refractivity contribution is 5.99. The first kappa shape index (κ1) is 17.3. The normalized spacial score (nSPS) is 11.5. The Morgan fingerprint density at radius 2 is 1.71 bits per heavy atom. The van der Waals surface area contributed by atoms with Crippen molar-refractivity contribution in [1.82, 2.24) is 0 Å². The third-order valence-corrected chi connectivity index (χ3v) is 3.60. The first-order chi connectivity index (χ1) is 11.4. The lowest BCUT2D eigenvalue weighted by molar-refractivity contribution is -0.122. The number of nitrogens with two attached hydrogens (primary N) is 1. The van der Waals surface area contributed by atoms with Crippen LogP contribution in [0.5, 0.6) is 11.5 Å². The van der Waals surface area contributed by atoms with Crippen LogP contribution in [-0.2, 0) is 4.79 Å². The van der Waals surface area contributed by atoms with Gasteiger partial charge in [-0.1, -0.05) is 6.07 Å². The van der Waals surface area contributed by atoms with E-state index in [2.05, 4.69) is 5.32 Å². The van der Waals surface area contributed by atoms with Crippen molar-refractivity contribution in [3.8, 4) is 11.5 Å². The van der Waals surface area contributed by atoms with Gasteiger partial charge in [0.15, 0.2) is 6.10 Å². The van der Waals surface area contributed by atoms with Crippen LogP contribution in [0.2, 0.25) is 0 Å². The van der Waals surface area contributed by atoms with Crippen LogP contribution >= 0.6 is 0 Å². The van der Waals surface area contributed by atoms with Crippen molar-refractivity contribution >= 4 is 17.5 Å². The van der Waals surface area contributed by atoms with Gasteiger partial charge < -0.3 is 20.5 Å². The van der Waals surface area contributed by atoms with Gasteiger partial charge in [0.25, 0.3) is 5.91 Å². The minimum absolute atomic E-state index is 0.324. The van der Waals surface area contributed by atoms with Crippen LogP contribution in [0.15, 0.2) is 42.5 Å². The summed E-state index contributed by atoms with van der Waals surface area (Å²) in [6.45, 7) is 3.37. The average Bonchev–Trinajstić information content (AvgIpc) is 2.57. The van der Waals surface area contributed by atoms with E-state index in [1.807, 2.05) is 0 Å². The molecule has 2 amide bonds. The zero-order valence-corrected chi connectivity index (χ0v) is 13.8. The second-order valence-electron chi connectivity index (χ2n) is 5.27. The largest absolute Gasteiger partial charge is 0.497 e. The summed E-state index contributed by atoms with van der Waals surface area (Å²) >= 11 is 0. The van der Waals surface area contributed by atoms with E-state index in [9.17, 15) is 9.59 Å². The summed E-state index contributed by atoms with van der Waals surface area (Å²) in [5, 5.41) is 2.75. The lowest BCUT2D eigenvalue weighted by Crippen LogP contribution is -2.30. The fourth-order valence-electron chi connectivity index (χ4n) is 2.18. The molecule has 0 saturated heterocycles. The van der Waals surface area contributed by atoms with E-state index in [-0.39, 0.29) is 5.91 Å². The SMILES string of the molecule is COc1ccc(OC(C)C(=O)Nc2cccc(C(N)=O)c2C)cc1. The molecule has 0 aliphatic carbocycles. The van der Waals surface area contributed by atoms with Crippen LogP contribution in [0.25, 0.3) is 0 Å². The van der Waals surface area contributed by atoms with E-state index in [1.54, 1.807) is 63.4 Å². The molecule has 0 aromatic heterocycles. The number of nitrogens with one attached hydrogen (secondary N) is 1. The van der Waals surface area contributed by atoms with Gasteiger partial charge in [-0.25, -0.2) is 0 Å². The summed E-state index contributed by atoms with van der Waals surface area (Å²) < 4.78 is 10.7. The number of benzene rings is 2. The molecule has 1 atom stereocenters. The molecule has 0 spiro atoms. The van der Waals surface area contributed by atoms with E-state index in [0.717, 1.165) is 0 Å². The standard InChI is InChI=1S/C18H20N2O4/c1-11-15(17(19)21)5-4-6-16(11)20-18(22)12(2)24-14-9-7-13(23-3)8-10-14/h4-10,12H,1-3H3,(H2,19,21)(H,20,22). The molecule has 0 radical (unpaired) electrons. The molecule has 0 heterocycles. The second kappa shape index (κ2) is 7.50. The molecule has 2 aromatic carbocycles.